The van der Waals surface area contributed by atoms with Crippen LogP contribution in [0.5, 0.6) is 0 Å². The van der Waals surface area contributed by atoms with Crippen molar-refractivity contribution in [3.8, 4) is 0 Å². The maximum Gasteiger partial charge on any atom is 0.338 e. The fourth-order valence-electron chi connectivity index (χ4n) is 3.83. The van der Waals surface area contributed by atoms with E-state index in [-0.39, 0.29) is 0 Å². The number of hydrogen-bond donors (Lipinski definition) is 0. The van der Waals surface area contributed by atoms with Crippen LogP contribution in [0.4, 0.5) is 0 Å². The Kier molecular flexibility index (Phi) is 5.28. The van der Waals surface area contributed by atoms with Crippen molar-refractivity contribution >= 4 is 8.56 Å². The van der Waals surface area contributed by atoms with Gasteiger partial charge >= 0.3 is 8.56 Å². The molecule has 0 N–H and O–H groups in total. The molecule has 0 aromatic heterocycles. The molecule has 2 aliphatic rings. The largest absolute Gasteiger partial charge is 0.398 e. The van der Waals surface area contributed by atoms with E-state index in [0.717, 1.165) is 11.5 Å². The lowest BCUT2D eigenvalue weighted by atomic mass is 10.0. The van der Waals surface area contributed by atoms with Crippen LogP contribution in [0.25, 0.3) is 0 Å². The first-order chi connectivity index (χ1) is 8.65. The van der Waals surface area contributed by atoms with Gasteiger partial charge in [0, 0.05) is 18.8 Å². The molecule has 0 amide bonds. The molecule has 0 heterocycles. The van der Waals surface area contributed by atoms with Gasteiger partial charge in [-0.05, 0) is 45.1 Å². The number of rotatable bonds is 5. The topological polar surface area (TPSA) is 18.5 Å². The van der Waals surface area contributed by atoms with Gasteiger partial charge in [-0.25, -0.2) is 0 Å². The van der Waals surface area contributed by atoms with Gasteiger partial charge in [0.05, 0.1) is 0 Å². The Balaban J connectivity index is 1.92. The lowest BCUT2D eigenvalue weighted by molar-refractivity contribution is 0.0909. The molecule has 2 unspecified atom stereocenters. The second kappa shape index (κ2) is 6.53. The first kappa shape index (κ1) is 14.5. The van der Waals surface area contributed by atoms with Crippen molar-refractivity contribution in [3.63, 3.8) is 0 Å². The second-order valence-electron chi connectivity index (χ2n) is 6.42. The van der Waals surface area contributed by atoms with Gasteiger partial charge in [0.2, 0.25) is 0 Å². The molecule has 2 fully saturated rings. The van der Waals surface area contributed by atoms with Crippen molar-refractivity contribution in [2.24, 2.45) is 5.92 Å². The zero-order chi connectivity index (χ0) is 13.0. The first-order valence-electron chi connectivity index (χ1n) is 7.88. The molecule has 0 radical (unpaired) electrons. The van der Waals surface area contributed by atoms with Crippen LogP contribution < -0.4 is 0 Å². The van der Waals surface area contributed by atoms with Crippen molar-refractivity contribution in [2.45, 2.75) is 82.9 Å². The van der Waals surface area contributed by atoms with Gasteiger partial charge in [-0.3, -0.25) is 0 Å². The van der Waals surface area contributed by atoms with Crippen LogP contribution in [-0.4, -0.2) is 21.8 Å². The Morgan fingerprint density at radius 1 is 0.944 bits per heavy atom. The average Bonchev–Trinajstić information content (AvgIpc) is 2.93. The highest BCUT2D eigenvalue weighted by Gasteiger charge is 2.43. The fraction of sp³-hybridized carbons (Fsp3) is 1.00. The third kappa shape index (κ3) is 3.37. The maximum atomic E-state index is 6.53. The molecule has 2 rings (SSSR count). The molecule has 3 heteroatoms. The van der Waals surface area contributed by atoms with Crippen molar-refractivity contribution in [1.29, 1.82) is 0 Å². The molecule has 0 aliphatic heterocycles. The number of hydrogen-bond acceptors (Lipinski definition) is 2. The Bertz CT molecular complexity index is 247. The molecule has 2 atom stereocenters. The van der Waals surface area contributed by atoms with Gasteiger partial charge < -0.3 is 8.85 Å². The van der Waals surface area contributed by atoms with Crippen molar-refractivity contribution in [2.75, 3.05) is 7.11 Å². The quantitative estimate of drug-likeness (QED) is 0.678. The summed E-state index contributed by atoms with van der Waals surface area (Å²) in [6, 6.07) is 0. The maximum absolute atomic E-state index is 6.53. The Morgan fingerprint density at radius 3 is 2.06 bits per heavy atom. The average molecular weight is 270 g/mol. The monoisotopic (exact) mass is 270 g/mol. The fourth-order valence-corrected chi connectivity index (χ4v) is 6.84. The van der Waals surface area contributed by atoms with E-state index in [0.29, 0.717) is 6.10 Å². The molecular formula is C15H30O2Si. The zero-order valence-corrected chi connectivity index (χ0v) is 13.4. The van der Waals surface area contributed by atoms with Crippen LogP contribution in [0.15, 0.2) is 0 Å². The van der Waals surface area contributed by atoms with E-state index in [2.05, 4.69) is 13.5 Å². The minimum absolute atomic E-state index is 0.408. The van der Waals surface area contributed by atoms with E-state index in [1.54, 1.807) is 0 Å². The van der Waals surface area contributed by atoms with Gasteiger partial charge in [0.15, 0.2) is 0 Å². The molecule has 0 aromatic rings. The lowest BCUT2D eigenvalue weighted by Gasteiger charge is -2.38. The minimum Gasteiger partial charge on any atom is -0.398 e. The Hall–Kier alpha value is 0.137. The van der Waals surface area contributed by atoms with Crippen LogP contribution in [0.3, 0.4) is 0 Å². The van der Waals surface area contributed by atoms with Gasteiger partial charge in [-0.2, -0.15) is 0 Å². The lowest BCUT2D eigenvalue weighted by Crippen LogP contribution is -2.47. The van der Waals surface area contributed by atoms with Gasteiger partial charge in [-0.15, -0.1) is 0 Å². The third-order valence-electron chi connectivity index (χ3n) is 5.24. The summed E-state index contributed by atoms with van der Waals surface area (Å²) in [6.45, 7) is 4.58. The Morgan fingerprint density at radius 2 is 1.50 bits per heavy atom. The SMILES string of the molecule is CO[Si](C)(OC(C)C1CCCC1)C1CCCCC1. The summed E-state index contributed by atoms with van der Waals surface area (Å²) in [5.41, 5.74) is 0.722. The van der Waals surface area contributed by atoms with Gasteiger partial charge in [-0.1, -0.05) is 32.1 Å². The standard InChI is InChI=1S/C15H30O2Si/c1-13(14-9-7-8-10-14)17-18(3,16-2)15-11-5-4-6-12-15/h13-15H,4-12H2,1-3H3. The summed E-state index contributed by atoms with van der Waals surface area (Å²) in [4.78, 5) is 0. The van der Waals surface area contributed by atoms with E-state index in [1.165, 1.54) is 57.8 Å². The van der Waals surface area contributed by atoms with Gasteiger partial charge in [0.1, 0.15) is 0 Å². The highest BCUT2D eigenvalue weighted by Crippen LogP contribution is 2.40. The van der Waals surface area contributed by atoms with Gasteiger partial charge in [0.25, 0.3) is 0 Å². The smallest absolute Gasteiger partial charge is 0.338 e. The summed E-state index contributed by atoms with van der Waals surface area (Å²) in [6.07, 6.45) is 12.7. The molecule has 0 bridgehead atoms. The molecule has 18 heavy (non-hydrogen) atoms. The molecular weight excluding hydrogens is 240 g/mol. The van der Waals surface area contributed by atoms with Crippen molar-refractivity contribution in [3.05, 3.63) is 0 Å². The predicted octanol–water partition coefficient (Wildman–Crippen LogP) is 4.63. The molecule has 2 nitrogen and oxygen atoms in total. The highest BCUT2D eigenvalue weighted by molar-refractivity contribution is 6.67. The normalized spacial score (nSPS) is 28.2. The third-order valence-corrected chi connectivity index (χ3v) is 8.95. The summed E-state index contributed by atoms with van der Waals surface area (Å²) < 4.78 is 12.5. The second-order valence-corrected chi connectivity index (χ2v) is 9.91. The molecule has 0 spiro atoms. The van der Waals surface area contributed by atoms with Crippen LogP contribution >= 0.6 is 0 Å². The van der Waals surface area contributed by atoms with Crippen LogP contribution in [0.2, 0.25) is 12.1 Å². The molecule has 2 saturated carbocycles. The van der Waals surface area contributed by atoms with E-state index in [4.69, 9.17) is 8.85 Å². The van der Waals surface area contributed by atoms with E-state index < -0.39 is 8.56 Å². The van der Waals surface area contributed by atoms with Crippen LogP contribution in [0, 0.1) is 5.92 Å². The predicted molar refractivity (Wildman–Crippen MR) is 78.0 cm³/mol. The summed E-state index contributed by atoms with van der Waals surface area (Å²) in [5, 5.41) is 0. The molecule has 2 aliphatic carbocycles. The minimum atomic E-state index is -1.95. The summed E-state index contributed by atoms with van der Waals surface area (Å²) in [5.74, 6) is 0.788. The van der Waals surface area contributed by atoms with Crippen molar-refractivity contribution in [1.82, 2.24) is 0 Å². The highest BCUT2D eigenvalue weighted by atomic mass is 28.4. The van der Waals surface area contributed by atoms with E-state index in [9.17, 15) is 0 Å². The Labute approximate surface area is 114 Å². The van der Waals surface area contributed by atoms with E-state index >= 15 is 0 Å². The molecule has 0 aromatic carbocycles. The summed E-state index contributed by atoms with van der Waals surface area (Å²) in [7, 11) is -0.0760. The summed E-state index contributed by atoms with van der Waals surface area (Å²) >= 11 is 0. The van der Waals surface area contributed by atoms with Crippen molar-refractivity contribution < 1.29 is 8.85 Å². The van der Waals surface area contributed by atoms with Crippen LogP contribution in [-0.2, 0) is 8.85 Å². The zero-order valence-electron chi connectivity index (χ0n) is 12.4. The van der Waals surface area contributed by atoms with Crippen LogP contribution in [0.1, 0.15) is 64.7 Å². The van der Waals surface area contributed by atoms with E-state index in [1.807, 2.05) is 7.11 Å². The molecule has 106 valence electrons. The first-order valence-corrected chi connectivity index (χ1v) is 10.3. The molecule has 0 saturated heterocycles.